The Bertz CT molecular complexity index is 1320. The maximum atomic E-state index is 12.1. The summed E-state index contributed by atoms with van der Waals surface area (Å²) in [6.07, 6.45) is 8.02. The molecular weight excluding hydrogens is 464 g/mol. The van der Waals surface area contributed by atoms with Crippen molar-refractivity contribution in [2.45, 2.75) is 63.9 Å². The number of rotatable bonds is 2. The summed E-state index contributed by atoms with van der Waals surface area (Å²) in [5.74, 6) is 1.23. The van der Waals surface area contributed by atoms with E-state index >= 15 is 0 Å². The molecule has 0 radical (unpaired) electrons. The maximum absolute atomic E-state index is 12.1. The molecule has 4 heterocycles. The van der Waals surface area contributed by atoms with Crippen LogP contribution in [0.1, 0.15) is 69.4 Å². The first-order valence-corrected chi connectivity index (χ1v) is 13.4. The molecule has 2 aliphatic heterocycles. The van der Waals surface area contributed by atoms with Gasteiger partial charge in [-0.3, -0.25) is 10.2 Å². The first-order chi connectivity index (χ1) is 17.9. The molecular formula is C29H38N6O2. The molecule has 2 aliphatic rings. The van der Waals surface area contributed by atoms with Crippen LogP contribution in [0, 0.1) is 0 Å². The molecule has 0 spiro atoms. The van der Waals surface area contributed by atoms with Crippen molar-refractivity contribution in [1.29, 1.82) is 0 Å². The zero-order valence-electron chi connectivity index (χ0n) is 22.1. The number of hydrogen-bond donors (Lipinski definition) is 3. The Kier molecular flexibility index (Phi) is 7.46. The minimum atomic E-state index is -0.430. The molecule has 2 saturated heterocycles. The second kappa shape index (κ2) is 10.9. The van der Waals surface area contributed by atoms with Gasteiger partial charge in [0.2, 0.25) is 0 Å². The lowest BCUT2D eigenvalue weighted by molar-refractivity contribution is 0.0205. The third kappa shape index (κ3) is 6.31. The summed E-state index contributed by atoms with van der Waals surface area (Å²) < 4.78 is 5.44. The van der Waals surface area contributed by atoms with Gasteiger partial charge in [-0.25, -0.2) is 4.79 Å². The monoisotopic (exact) mass is 502 g/mol. The molecule has 6 rings (SSSR count). The van der Waals surface area contributed by atoms with E-state index < -0.39 is 5.60 Å². The zero-order chi connectivity index (χ0) is 25.8. The molecule has 0 saturated carbocycles. The molecule has 37 heavy (non-hydrogen) atoms. The first kappa shape index (κ1) is 25.3. The zero-order valence-corrected chi connectivity index (χ0v) is 22.1. The quantitative estimate of drug-likeness (QED) is 0.326. The Hall–Kier alpha value is -3.39. The smallest absolute Gasteiger partial charge is 0.410 e. The fourth-order valence-electron chi connectivity index (χ4n) is 5.31. The number of H-pyrrole nitrogens is 2. The second-order valence-corrected chi connectivity index (χ2v) is 11.2. The topological polar surface area (TPSA) is 98.9 Å². The molecule has 8 heteroatoms. The predicted octanol–water partition coefficient (Wildman–Crippen LogP) is 5.71. The molecule has 1 amide bonds. The minimum Gasteiger partial charge on any atom is -0.444 e. The molecule has 4 aromatic rings. The number of fused-ring (bicyclic) bond motifs is 2. The van der Waals surface area contributed by atoms with E-state index in [0.717, 1.165) is 61.4 Å². The Morgan fingerprint density at radius 2 is 1.35 bits per heavy atom. The summed E-state index contributed by atoms with van der Waals surface area (Å²) in [5.41, 5.74) is 4.56. The van der Waals surface area contributed by atoms with Crippen LogP contribution in [0.5, 0.6) is 0 Å². The highest BCUT2D eigenvalue weighted by Crippen LogP contribution is 2.30. The van der Waals surface area contributed by atoms with E-state index in [-0.39, 0.29) is 6.09 Å². The van der Waals surface area contributed by atoms with E-state index in [4.69, 9.17) is 4.74 Å². The number of carbonyl (C=O) groups is 1. The average molecular weight is 503 g/mol. The first-order valence-electron chi connectivity index (χ1n) is 13.4. The van der Waals surface area contributed by atoms with E-state index in [0.29, 0.717) is 5.92 Å². The molecule has 0 aliphatic carbocycles. The fourth-order valence-corrected chi connectivity index (χ4v) is 5.31. The molecule has 0 atom stereocenters. The van der Waals surface area contributed by atoms with Gasteiger partial charge in [-0.2, -0.15) is 10.2 Å². The lowest BCUT2D eigenvalue weighted by atomic mass is 9.89. The number of amides is 1. The van der Waals surface area contributed by atoms with Crippen molar-refractivity contribution in [3.8, 4) is 0 Å². The van der Waals surface area contributed by atoms with Gasteiger partial charge in [0.25, 0.3) is 0 Å². The Morgan fingerprint density at radius 3 is 1.86 bits per heavy atom. The van der Waals surface area contributed by atoms with Gasteiger partial charge in [0.15, 0.2) is 0 Å². The van der Waals surface area contributed by atoms with E-state index in [9.17, 15) is 4.79 Å². The number of piperidine rings is 2. The number of nitrogens with one attached hydrogen (secondary N) is 3. The van der Waals surface area contributed by atoms with Gasteiger partial charge in [0.05, 0.1) is 23.4 Å². The Labute approximate surface area is 218 Å². The van der Waals surface area contributed by atoms with Gasteiger partial charge in [-0.15, -0.1) is 0 Å². The molecule has 8 nitrogen and oxygen atoms in total. The molecule has 196 valence electrons. The number of aromatic nitrogens is 4. The van der Waals surface area contributed by atoms with Crippen LogP contribution in [0.2, 0.25) is 0 Å². The van der Waals surface area contributed by atoms with Crippen molar-refractivity contribution in [3.05, 3.63) is 59.9 Å². The lowest BCUT2D eigenvalue weighted by Crippen LogP contribution is -2.41. The number of likely N-dealkylation sites (tertiary alicyclic amines) is 1. The molecule has 2 aromatic carbocycles. The molecule has 0 unspecified atom stereocenters. The minimum absolute atomic E-state index is 0.198. The lowest BCUT2D eigenvalue weighted by Gasteiger charge is -2.33. The van der Waals surface area contributed by atoms with Gasteiger partial charge in [-0.1, -0.05) is 12.1 Å². The van der Waals surface area contributed by atoms with E-state index in [1.807, 2.05) is 38.1 Å². The Morgan fingerprint density at radius 1 is 0.838 bits per heavy atom. The van der Waals surface area contributed by atoms with Crippen LogP contribution in [0.25, 0.3) is 21.8 Å². The van der Waals surface area contributed by atoms with Gasteiger partial charge in [0.1, 0.15) is 5.60 Å². The van der Waals surface area contributed by atoms with Crippen molar-refractivity contribution in [3.63, 3.8) is 0 Å². The highest BCUT2D eigenvalue weighted by atomic mass is 16.6. The second-order valence-electron chi connectivity index (χ2n) is 11.2. The predicted molar refractivity (Wildman–Crippen MR) is 147 cm³/mol. The number of benzene rings is 2. The van der Waals surface area contributed by atoms with Crippen molar-refractivity contribution < 1.29 is 9.53 Å². The summed E-state index contributed by atoms with van der Waals surface area (Å²) >= 11 is 0. The SMILES string of the molecule is CC(C)(C)OC(=O)N1CCC(c2ccc3[nH]ncc3c2)CC1.c1cc2[nH]ncc2cc1C1CCNCC1. The van der Waals surface area contributed by atoms with Crippen molar-refractivity contribution in [1.82, 2.24) is 30.6 Å². The average Bonchev–Trinajstić information content (AvgIpc) is 3.57. The highest BCUT2D eigenvalue weighted by molar-refractivity contribution is 5.79. The van der Waals surface area contributed by atoms with Gasteiger partial charge in [-0.05, 0) is 107 Å². The molecule has 2 aromatic heterocycles. The van der Waals surface area contributed by atoms with Crippen LogP contribution in [0.4, 0.5) is 4.79 Å². The van der Waals surface area contributed by atoms with E-state index in [2.05, 4.69) is 62.1 Å². The summed E-state index contributed by atoms with van der Waals surface area (Å²) in [4.78, 5) is 13.9. The van der Waals surface area contributed by atoms with Crippen LogP contribution >= 0.6 is 0 Å². The summed E-state index contributed by atoms with van der Waals surface area (Å²) in [6.45, 7) is 9.50. The van der Waals surface area contributed by atoms with Crippen LogP contribution in [0.15, 0.2) is 48.8 Å². The standard InChI is InChI=1S/C17H23N3O2.C12H15N3/c1-17(2,3)22-16(21)20-8-6-12(7-9-20)13-4-5-15-14(10-13)11-18-19-15;1-2-12-11(8-14-15-12)7-10(1)9-3-5-13-6-4-9/h4-5,10-12H,6-9H2,1-3H3,(H,18,19);1-2,7-9,13H,3-6H2,(H,14,15). The van der Waals surface area contributed by atoms with Gasteiger partial charge >= 0.3 is 6.09 Å². The van der Waals surface area contributed by atoms with Crippen molar-refractivity contribution in [2.24, 2.45) is 0 Å². The number of aromatic amines is 2. The molecule has 3 N–H and O–H groups in total. The van der Waals surface area contributed by atoms with Crippen molar-refractivity contribution >= 4 is 27.9 Å². The van der Waals surface area contributed by atoms with Crippen LogP contribution < -0.4 is 5.32 Å². The van der Waals surface area contributed by atoms with E-state index in [1.54, 1.807) is 0 Å². The number of hydrogen-bond acceptors (Lipinski definition) is 5. The Balaban J connectivity index is 0.000000162. The number of ether oxygens (including phenoxy) is 1. The van der Waals surface area contributed by atoms with Crippen LogP contribution in [0.3, 0.4) is 0 Å². The molecule has 0 bridgehead atoms. The third-order valence-electron chi connectivity index (χ3n) is 7.36. The largest absolute Gasteiger partial charge is 0.444 e. The van der Waals surface area contributed by atoms with Gasteiger partial charge < -0.3 is 15.0 Å². The number of carbonyl (C=O) groups excluding carboxylic acids is 1. The van der Waals surface area contributed by atoms with Crippen LogP contribution in [-0.2, 0) is 4.74 Å². The summed E-state index contributed by atoms with van der Waals surface area (Å²) in [5, 5.41) is 19.8. The normalized spacial score (nSPS) is 17.5. The fraction of sp³-hybridized carbons (Fsp3) is 0.483. The maximum Gasteiger partial charge on any atom is 0.410 e. The highest BCUT2D eigenvalue weighted by Gasteiger charge is 2.27. The molecule has 2 fully saturated rings. The van der Waals surface area contributed by atoms with Gasteiger partial charge in [0, 0.05) is 23.9 Å². The summed E-state index contributed by atoms with van der Waals surface area (Å²) in [7, 11) is 0. The van der Waals surface area contributed by atoms with Crippen molar-refractivity contribution in [2.75, 3.05) is 26.2 Å². The van der Waals surface area contributed by atoms with Crippen LogP contribution in [-0.4, -0.2) is 63.2 Å². The number of nitrogens with zero attached hydrogens (tertiary/aromatic N) is 3. The van der Waals surface area contributed by atoms with E-state index in [1.165, 1.54) is 29.4 Å². The summed E-state index contributed by atoms with van der Waals surface area (Å²) in [6, 6.07) is 13.1. The third-order valence-corrected chi connectivity index (χ3v) is 7.36.